The van der Waals surface area contributed by atoms with E-state index in [0.717, 1.165) is 47.5 Å². The number of nitrogens with zero attached hydrogens (tertiary/aromatic N) is 2. The third-order valence-corrected chi connectivity index (χ3v) is 9.55. The smallest absolute Gasteiger partial charge is 0.264 e. The number of para-hydroxylation sites is 2. The number of methoxy groups -OCH3 is 1. The number of carbonyl (C=O) groups is 2. The molecule has 224 valence electrons. The maximum Gasteiger partial charge on any atom is 0.264 e. The van der Waals surface area contributed by atoms with Crippen molar-refractivity contribution in [2.75, 3.05) is 18.0 Å². The van der Waals surface area contributed by atoms with Crippen molar-refractivity contribution >= 4 is 27.5 Å². The molecule has 2 amide bonds. The van der Waals surface area contributed by atoms with Crippen LogP contribution in [-0.4, -0.2) is 50.9 Å². The van der Waals surface area contributed by atoms with Gasteiger partial charge >= 0.3 is 0 Å². The number of benzene rings is 3. The quantitative estimate of drug-likeness (QED) is 0.302. The number of amides is 2. The largest absolute Gasteiger partial charge is 0.495 e. The average molecular weight is 592 g/mol. The SMILES string of the molecule is CCC(C(=O)NC1CCCCC1)N(Cc1ccc(C)cc1)C(=O)CN(c1ccccc1OC)S(=O)(=O)c1ccccc1. The van der Waals surface area contributed by atoms with Crippen LogP contribution in [0.2, 0.25) is 0 Å². The summed E-state index contributed by atoms with van der Waals surface area (Å²) in [6, 6.07) is 21.8. The number of carbonyl (C=O) groups excluding carboxylic acids is 2. The number of aryl methyl sites for hydroxylation is 1. The third kappa shape index (κ3) is 7.50. The number of nitrogens with one attached hydrogen (secondary N) is 1. The molecule has 1 N–H and O–H groups in total. The normalized spacial score (nSPS) is 14.5. The Bertz CT molecular complexity index is 1440. The summed E-state index contributed by atoms with van der Waals surface area (Å²) < 4.78 is 34.6. The zero-order valence-corrected chi connectivity index (χ0v) is 25.5. The molecule has 0 bridgehead atoms. The summed E-state index contributed by atoms with van der Waals surface area (Å²) >= 11 is 0. The number of ether oxygens (including phenoxy) is 1. The van der Waals surface area contributed by atoms with Crippen LogP contribution >= 0.6 is 0 Å². The predicted octanol–water partition coefficient (Wildman–Crippen LogP) is 5.46. The molecule has 1 atom stereocenters. The van der Waals surface area contributed by atoms with E-state index in [1.807, 2.05) is 38.1 Å². The van der Waals surface area contributed by atoms with Crippen LogP contribution in [-0.2, 0) is 26.2 Å². The second kappa shape index (κ2) is 14.4. The maximum absolute atomic E-state index is 14.3. The molecule has 1 aliphatic rings. The molecule has 0 aliphatic heterocycles. The van der Waals surface area contributed by atoms with Crippen LogP contribution in [0.3, 0.4) is 0 Å². The van der Waals surface area contributed by atoms with Crippen LogP contribution in [0.5, 0.6) is 5.75 Å². The summed E-state index contributed by atoms with van der Waals surface area (Å²) in [6.45, 7) is 3.52. The Hall–Kier alpha value is -3.85. The standard InChI is InChI=1S/C33H41N3O5S/c1-4-29(33(38)34-27-13-7-5-8-14-27)35(23-26-21-19-25(2)20-22-26)32(37)24-36(30-17-11-12-18-31(30)41-3)42(39,40)28-15-9-6-10-16-28/h6,9-12,15-22,27,29H,4-5,7-8,13-14,23-24H2,1-3H3,(H,34,38). The summed E-state index contributed by atoms with van der Waals surface area (Å²) in [6.07, 6.45) is 5.53. The summed E-state index contributed by atoms with van der Waals surface area (Å²) in [5.74, 6) is -0.372. The Morgan fingerprint density at radius 2 is 1.57 bits per heavy atom. The van der Waals surface area contributed by atoms with Gasteiger partial charge in [0, 0.05) is 12.6 Å². The minimum absolute atomic E-state index is 0.0517. The maximum atomic E-state index is 14.3. The van der Waals surface area contributed by atoms with Crippen molar-refractivity contribution in [2.24, 2.45) is 0 Å². The number of rotatable bonds is 12. The Morgan fingerprint density at radius 1 is 0.929 bits per heavy atom. The first-order valence-corrected chi connectivity index (χ1v) is 16.0. The zero-order valence-electron chi connectivity index (χ0n) is 24.7. The highest BCUT2D eigenvalue weighted by Gasteiger charge is 2.35. The highest BCUT2D eigenvalue weighted by atomic mass is 32.2. The minimum Gasteiger partial charge on any atom is -0.495 e. The molecule has 0 radical (unpaired) electrons. The molecular weight excluding hydrogens is 550 g/mol. The number of hydrogen-bond acceptors (Lipinski definition) is 5. The van der Waals surface area contributed by atoms with E-state index in [0.29, 0.717) is 12.2 Å². The Labute approximate surface area is 249 Å². The number of sulfonamides is 1. The van der Waals surface area contributed by atoms with Crippen molar-refractivity contribution in [2.45, 2.75) is 75.9 Å². The second-order valence-electron chi connectivity index (χ2n) is 10.8. The van der Waals surface area contributed by atoms with Gasteiger partial charge in [-0.2, -0.15) is 0 Å². The lowest BCUT2D eigenvalue weighted by molar-refractivity contribution is -0.140. The molecule has 9 heteroatoms. The topological polar surface area (TPSA) is 96.0 Å². The second-order valence-corrected chi connectivity index (χ2v) is 12.6. The van der Waals surface area contributed by atoms with Gasteiger partial charge < -0.3 is 15.0 Å². The molecule has 1 saturated carbocycles. The lowest BCUT2D eigenvalue weighted by Gasteiger charge is -2.34. The molecule has 1 fully saturated rings. The van der Waals surface area contributed by atoms with Crippen LogP contribution in [0, 0.1) is 6.92 Å². The van der Waals surface area contributed by atoms with Gasteiger partial charge in [0.1, 0.15) is 18.3 Å². The summed E-state index contributed by atoms with van der Waals surface area (Å²) in [4.78, 5) is 29.5. The lowest BCUT2D eigenvalue weighted by Crippen LogP contribution is -2.54. The Balaban J connectivity index is 1.72. The van der Waals surface area contributed by atoms with E-state index in [1.165, 1.54) is 24.1 Å². The van der Waals surface area contributed by atoms with Gasteiger partial charge in [0.05, 0.1) is 17.7 Å². The molecule has 3 aromatic rings. The van der Waals surface area contributed by atoms with Crippen molar-refractivity contribution in [3.05, 3.63) is 90.0 Å². The molecule has 1 aliphatic carbocycles. The summed E-state index contributed by atoms with van der Waals surface area (Å²) in [5.41, 5.74) is 2.18. The average Bonchev–Trinajstić information content (AvgIpc) is 3.01. The Kier molecular flexibility index (Phi) is 10.6. The highest BCUT2D eigenvalue weighted by molar-refractivity contribution is 7.92. The van der Waals surface area contributed by atoms with Crippen molar-refractivity contribution in [3.8, 4) is 5.75 Å². The van der Waals surface area contributed by atoms with Gasteiger partial charge in [0.25, 0.3) is 10.0 Å². The molecular formula is C33H41N3O5S. The van der Waals surface area contributed by atoms with Crippen molar-refractivity contribution in [1.29, 1.82) is 0 Å². The lowest BCUT2D eigenvalue weighted by atomic mass is 9.95. The van der Waals surface area contributed by atoms with E-state index < -0.39 is 28.5 Å². The van der Waals surface area contributed by atoms with Crippen LogP contribution in [0.4, 0.5) is 5.69 Å². The van der Waals surface area contributed by atoms with Gasteiger partial charge in [0.2, 0.25) is 11.8 Å². The molecule has 8 nitrogen and oxygen atoms in total. The molecule has 0 aromatic heterocycles. The van der Waals surface area contributed by atoms with Crippen LogP contribution in [0.15, 0.2) is 83.8 Å². The van der Waals surface area contributed by atoms with Crippen LogP contribution < -0.4 is 14.4 Å². The van der Waals surface area contributed by atoms with E-state index in [9.17, 15) is 18.0 Å². The number of anilines is 1. The summed E-state index contributed by atoms with van der Waals surface area (Å²) in [5, 5.41) is 3.17. The monoisotopic (exact) mass is 591 g/mol. The zero-order chi connectivity index (χ0) is 30.1. The van der Waals surface area contributed by atoms with E-state index >= 15 is 0 Å². The molecule has 4 rings (SSSR count). The van der Waals surface area contributed by atoms with E-state index in [4.69, 9.17) is 4.74 Å². The van der Waals surface area contributed by atoms with E-state index in [-0.39, 0.29) is 29.1 Å². The van der Waals surface area contributed by atoms with Crippen LogP contribution in [0.25, 0.3) is 0 Å². The third-order valence-electron chi connectivity index (χ3n) is 7.77. The molecule has 42 heavy (non-hydrogen) atoms. The first-order valence-electron chi connectivity index (χ1n) is 14.6. The first kappa shape index (κ1) is 31.1. The predicted molar refractivity (Wildman–Crippen MR) is 165 cm³/mol. The van der Waals surface area contributed by atoms with Gasteiger partial charge in [0.15, 0.2) is 0 Å². The van der Waals surface area contributed by atoms with Crippen LogP contribution in [0.1, 0.15) is 56.6 Å². The fourth-order valence-corrected chi connectivity index (χ4v) is 6.87. The molecule has 1 unspecified atom stereocenters. The first-order chi connectivity index (χ1) is 20.2. The molecule has 0 saturated heterocycles. The fourth-order valence-electron chi connectivity index (χ4n) is 5.42. The van der Waals surface area contributed by atoms with Crippen molar-refractivity contribution in [3.63, 3.8) is 0 Å². The molecule has 0 spiro atoms. The minimum atomic E-state index is -4.16. The molecule has 0 heterocycles. The van der Waals surface area contributed by atoms with Gasteiger partial charge in [-0.15, -0.1) is 0 Å². The van der Waals surface area contributed by atoms with E-state index in [2.05, 4.69) is 5.32 Å². The Morgan fingerprint density at radius 3 is 2.21 bits per heavy atom. The van der Waals surface area contributed by atoms with Gasteiger partial charge in [-0.1, -0.05) is 86.3 Å². The number of hydrogen-bond donors (Lipinski definition) is 1. The highest BCUT2D eigenvalue weighted by Crippen LogP contribution is 2.32. The van der Waals surface area contributed by atoms with E-state index in [1.54, 1.807) is 42.5 Å². The molecule has 3 aromatic carbocycles. The van der Waals surface area contributed by atoms with Crippen molar-refractivity contribution in [1.82, 2.24) is 10.2 Å². The van der Waals surface area contributed by atoms with Gasteiger partial charge in [-0.25, -0.2) is 8.42 Å². The van der Waals surface area contributed by atoms with Gasteiger partial charge in [-0.3, -0.25) is 13.9 Å². The van der Waals surface area contributed by atoms with Gasteiger partial charge in [-0.05, 0) is 56.0 Å². The summed E-state index contributed by atoms with van der Waals surface area (Å²) in [7, 11) is -2.71. The fraction of sp³-hybridized carbons (Fsp3) is 0.394. The van der Waals surface area contributed by atoms with Crippen molar-refractivity contribution < 1.29 is 22.7 Å².